The molecule has 1 amide bonds. The van der Waals surface area contributed by atoms with E-state index >= 15 is 0 Å². The molecule has 3 atom stereocenters. The maximum atomic E-state index is 11.7. The first-order valence-electron chi connectivity index (χ1n) is 5.08. The molecule has 76 valence electrons. The fourth-order valence-electron chi connectivity index (χ4n) is 1.86. The minimum absolute atomic E-state index is 0.0963. The molecule has 2 N–H and O–H groups in total. The van der Waals surface area contributed by atoms with Crippen LogP contribution < -0.4 is 5.73 Å². The number of nitrogens with zero attached hydrogens (tertiary/aromatic N) is 1. The van der Waals surface area contributed by atoms with Gasteiger partial charge in [-0.05, 0) is 32.6 Å². The minimum Gasteiger partial charge on any atom is -0.338 e. The van der Waals surface area contributed by atoms with Gasteiger partial charge in [0.1, 0.15) is 0 Å². The summed E-state index contributed by atoms with van der Waals surface area (Å²) in [5, 5.41) is 0. The van der Waals surface area contributed by atoms with Gasteiger partial charge in [0, 0.05) is 12.6 Å². The zero-order valence-electron chi connectivity index (χ0n) is 8.79. The first kappa shape index (κ1) is 10.5. The number of rotatable bonds is 1. The van der Waals surface area contributed by atoms with Gasteiger partial charge in [-0.15, -0.1) is 0 Å². The van der Waals surface area contributed by atoms with Crippen LogP contribution in [0.25, 0.3) is 0 Å². The smallest absolute Gasteiger partial charge is 0.239 e. The Morgan fingerprint density at radius 3 is 2.62 bits per heavy atom. The van der Waals surface area contributed by atoms with E-state index in [9.17, 15) is 4.79 Å². The van der Waals surface area contributed by atoms with Crippen LogP contribution in [0.4, 0.5) is 0 Å². The first-order valence-corrected chi connectivity index (χ1v) is 5.08. The summed E-state index contributed by atoms with van der Waals surface area (Å²) in [6, 6.07) is 0.0162. The number of amides is 1. The van der Waals surface area contributed by atoms with Crippen molar-refractivity contribution in [3.05, 3.63) is 0 Å². The van der Waals surface area contributed by atoms with E-state index in [1.54, 1.807) is 6.92 Å². The third kappa shape index (κ3) is 2.44. The highest BCUT2D eigenvalue weighted by Crippen LogP contribution is 2.21. The van der Waals surface area contributed by atoms with Gasteiger partial charge in [-0.1, -0.05) is 6.92 Å². The number of nitrogens with two attached hydrogens (primary N) is 1. The summed E-state index contributed by atoms with van der Waals surface area (Å²) in [4.78, 5) is 13.6. The van der Waals surface area contributed by atoms with E-state index in [4.69, 9.17) is 5.73 Å². The molecule has 3 nitrogen and oxygen atoms in total. The molecule has 1 rings (SSSR count). The van der Waals surface area contributed by atoms with Crippen molar-refractivity contribution in [1.82, 2.24) is 4.90 Å². The Labute approximate surface area is 80.3 Å². The van der Waals surface area contributed by atoms with Crippen LogP contribution in [-0.4, -0.2) is 29.4 Å². The second-order valence-corrected chi connectivity index (χ2v) is 4.31. The lowest BCUT2D eigenvalue weighted by Gasteiger charge is -2.37. The molecule has 0 radical (unpaired) electrons. The summed E-state index contributed by atoms with van der Waals surface area (Å²) in [7, 11) is 0. The van der Waals surface area contributed by atoms with Gasteiger partial charge in [-0.2, -0.15) is 0 Å². The van der Waals surface area contributed by atoms with Gasteiger partial charge in [0.05, 0.1) is 6.04 Å². The lowest BCUT2D eigenvalue weighted by atomic mass is 9.94. The molecule has 0 bridgehead atoms. The molecule has 0 aliphatic carbocycles. The number of piperidine rings is 1. The lowest BCUT2D eigenvalue weighted by Crippen LogP contribution is -2.50. The van der Waals surface area contributed by atoms with Crippen LogP contribution in [0, 0.1) is 5.92 Å². The van der Waals surface area contributed by atoms with Gasteiger partial charge >= 0.3 is 0 Å². The van der Waals surface area contributed by atoms with Crippen molar-refractivity contribution in [1.29, 1.82) is 0 Å². The predicted molar refractivity (Wildman–Crippen MR) is 53.2 cm³/mol. The molecule has 0 aromatic rings. The van der Waals surface area contributed by atoms with Crippen LogP contribution in [0.1, 0.15) is 33.6 Å². The molecule has 0 spiro atoms. The van der Waals surface area contributed by atoms with Crippen LogP contribution in [-0.2, 0) is 4.79 Å². The van der Waals surface area contributed by atoms with Crippen molar-refractivity contribution >= 4 is 5.91 Å². The van der Waals surface area contributed by atoms with Crippen LogP contribution in [0.3, 0.4) is 0 Å². The molecule has 1 aliphatic heterocycles. The van der Waals surface area contributed by atoms with Gasteiger partial charge in [0.15, 0.2) is 0 Å². The third-order valence-electron chi connectivity index (χ3n) is 2.79. The fourth-order valence-corrected chi connectivity index (χ4v) is 1.86. The average molecular weight is 184 g/mol. The molecule has 1 fully saturated rings. The zero-order valence-corrected chi connectivity index (χ0v) is 8.79. The van der Waals surface area contributed by atoms with Gasteiger partial charge in [0.25, 0.3) is 0 Å². The summed E-state index contributed by atoms with van der Waals surface area (Å²) < 4.78 is 0. The van der Waals surface area contributed by atoms with Crippen LogP contribution in [0.15, 0.2) is 0 Å². The molecule has 1 saturated heterocycles. The SMILES string of the molecule is CC1CCC(C)N(C(=O)[C@@H](C)N)C1. The average Bonchev–Trinajstić information content (AvgIpc) is 2.08. The Bertz CT molecular complexity index is 191. The number of hydrogen-bond acceptors (Lipinski definition) is 2. The quantitative estimate of drug-likeness (QED) is 0.660. The van der Waals surface area contributed by atoms with Crippen LogP contribution >= 0.6 is 0 Å². The highest BCUT2D eigenvalue weighted by Gasteiger charge is 2.28. The summed E-state index contributed by atoms with van der Waals surface area (Å²) in [5.74, 6) is 0.720. The standard InChI is InChI=1S/C10H20N2O/c1-7-4-5-8(2)12(6-7)10(13)9(3)11/h7-9H,4-6,11H2,1-3H3/t7?,8?,9-/m1/s1. The molecular formula is C10H20N2O. The molecular weight excluding hydrogens is 164 g/mol. The van der Waals surface area contributed by atoms with Crippen molar-refractivity contribution < 1.29 is 4.79 Å². The number of carbonyl (C=O) groups excluding carboxylic acids is 1. The highest BCUT2D eigenvalue weighted by molar-refractivity contribution is 5.81. The van der Waals surface area contributed by atoms with Crippen LogP contribution in [0.5, 0.6) is 0 Å². The monoisotopic (exact) mass is 184 g/mol. The lowest BCUT2D eigenvalue weighted by molar-refractivity contribution is -0.136. The Morgan fingerprint density at radius 2 is 2.08 bits per heavy atom. The Hall–Kier alpha value is -0.570. The number of carbonyl (C=O) groups is 1. The summed E-state index contributed by atoms with van der Waals surface area (Å²) in [6.07, 6.45) is 2.34. The van der Waals surface area contributed by atoms with Gasteiger partial charge in [-0.25, -0.2) is 0 Å². The van der Waals surface area contributed by atoms with E-state index in [0.717, 1.165) is 13.0 Å². The summed E-state index contributed by atoms with van der Waals surface area (Å²) in [6.45, 7) is 6.93. The third-order valence-corrected chi connectivity index (χ3v) is 2.79. The molecule has 2 unspecified atom stereocenters. The first-order chi connectivity index (χ1) is 6.02. The van der Waals surface area contributed by atoms with Crippen molar-refractivity contribution in [2.75, 3.05) is 6.54 Å². The molecule has 0 aromatic carbocycles. The van der Waals surface area contributed by atoms with E-state index in [-0.39, 0.29) is 11.9 Å². The molecule has 0 saturated carbocycles. The highest BCUT2D eigenvalue weighted by atomic mass is 16.2. The van der Waals surface area contributed by atoms with E-state index in [0.29, 0.717) is 12.0 Å². The minimum atomic E-state index is -0.354. The maximum Gasteiger partial charge on any atom is 0.239 e. The Kier molecular flexibility index (Phi) is 3.31. The molecule has 13 heavy (non-hydrogen) atoms. The van der Waals surface area contributed by atoms with E-state index in [1.165, 1.54) is 6.42 Å². The van der Waals surface area contributed by atoms with Crippen molar-refractivity contribution in [3.8, 4) is 0 Å². The molecule has 1 heterocycles. The van der Waals surface area contributed by atoms with Crippen molar-refractivity contribution in [2.24, 2.45) is 11.7 Å². The van der Waals surface area contributed by atoms with Crippen molar-refractivity contribution in [3.63, 3.8) is 0 Å². The summed E-state index contributed by atoms with van der Waals surface area (Å²) in [5.41, 5.74) is 5.58. The fraction of sp³-hybridized carbons (Fsp3) is 0.900. The van der Waals surface area contributed by atoms with E-state index in [1.807, 2.05) is 4.90 Å². The topological polar surface area (TPSA) is 46.3 Å². The zero-order chi connectivity index (χ0) is 10.0. The second kappa shape index (κ2) is 4.09. The Balaban J connectivity index is 2.60. The summed E-state index contributed by atoms with van der Waals surface area (Å²) >= 11 is 0. The van der Waals surface area contributed by atoms with E-state index < -0.39 is 0 Å². The molecule has 0 aromatic heterocycles. The van der Waals surface area contributed by atoms with Gasteiger partial charge < -0.3 is 10.6 Å². The number of likely N-dealkylation sites (tertiary alicyclic amines) is 1. The molecule has 3 heteroatoms. The van der Waals surface area contributed by atoms with Gasteiger partial charge in [-0.3, -0.25) is 4.79 Å². The Morgan fingerprint density at radius 1 is 1.46 bits per heavy atom. The number of hydrogen-bond donors (Lipinski definition) is 1. The van der Waals surface area contributed by atoms with Crippen LogP contribution in [0.2, 0.25) is 0 Å². The van der Waals surface area contributed by atoms with E-state index in [2.05, 4.69) is 13.8 Å². The van der Waals surface area contributed by atoms with Gasteiger partial charge in [0.2, 0.25) is 5.91 Å². The maximum absolute atomic E-state index is 11.7. The predicted octanol–water partition coefficient (Wildman–Crippen LogP) is 0.981. The normalized spacial score (nSPS) is 31.5. The largest absolute Gasteiger partial charge is 0.338 e. The van der Waals surface area contributed by atoms with Crippen molar-refractivity contribution in [2.45, 2.75) is 45.7 Å². The second-order valence-electron chi connectivity index (χ2n) is 4.31. The molecule has 1 aliphatic rings.